The minimum Gasteiger partial charge on any atom is -0.368 e. The van der Waals surface area contributed by atoms with Gasteiger partial charge in [-0.1, -0.05) is 46.3 Å². The average Bonchev–Trinajstić information content (AvgIpc) is 2.69. The van der Waals surface area contributed by atoms with Crippen molar-refractivity contribution in [1.29, 1.82) is 0 Å². The summed E-state index contributed by atoms with van der Waals surface area (Å²) in [5.41, 5.74) is 7.42. The first-order valence-corrected chi connectivity index (χ1v) is 12.1. The third kappa shape index (κ3) is 7.06. The minimum absolute atomic E-state index is 0.114. The van der Waals surface area contributed by atoms with Gasteiger partial charge in [-0.25, -0.2) is 0 Å². The summed E-state index contributed by atoms with van der Waals surface area (Å²) in [5, 5.41) is 2.68. The number of benzene rings is 2. The summed E-state index contributed by atoms with van der Waals surface area (Å²) in [5.74, 6) is -1.04. The van der Waals surface area contributed by atoms with Gasteiger partial charge in [0.05, 0.1) is 19.4 Å². The van der Waals surface area contributed by atoms with Crippen LogP contribution in [0.3, 0.4) is 0 Å². The van der Waals surface area contributed by atoms with E-state index in [0.29, 0.717) is 5.56 Å². The summed E-state index contributed by atoms with van der Waals surface area (Å²) in [6.45, 7) is 4.07. The van der Waals surface area contributed by atoms with Crippen LogP contribution in [0, 0.1) is 0 Å². The van der Waals surface area contributed by atoms with Crippen LogP contribution >= 0.6 is 23.5 Å². The molecule has 0 saturated carbocycles. The number of nitrogens with two attached hydrogens (primary N) is 1. The Morgan fingerprint density at radius 2 is 1.67 bits per heavy atom. The molecule has 0 bridgehead atoms. The molecule has 0 spiro atoms. The molecule has 0 unspecified atom stereocenters. The molecule has 2 aromatic carbocycles. The van der Waals surface area contributed by atoms with Gasteiger partial charge in [0.1, 0.15) is 6.04 Å². The molecule has 30 heavy (non-hydrogen) atoms. The molecule has 0 aliphatic heterocycles. The van der Waals surface area contributed by atoms with E-state index in [4.69, 9.17) is 14.8 Å². The third-order valence-electron chi connectivity index (χ3n) is 4.27. The molecule has 0 saturated heterocycles. The van der Waals surface area contributed by atoms with E-state index in [1.54, 1.807) is 38.1 Å². The Morgan fingerprint density at radius 3 is 2.20 bits per heavy atom. The lowest BCUT2D eigenvalue weighted by atomic mass is 10.0. The highest BCUT2D eigenvalue weighted by Gasteiger charge is 2.24. The molecule has 0 heterocycles. The quantitative estimate of drug-likeness (QED) is 0.456. The number of amides is 2. The molecule has 0 aliphatic carbocycles. The molecule has 2 amide bonds. The highest BCUT2D eigenvalue weighted by atomic mass is 79.9. The molecule has 1 atom stereocenters. The maximum atomic E-state index is 12.6. The van der Waals surface area contributed by atoms with Crippen LogP contribution in [0.2, 0.25) is 0 Å². The summed E-state index contributed by atoms with van der Waals surface area (Å²) in [6, 6.07) is 13.1. The number of rotatable bonds is 11. The largest absolute Gasteiger partial charge is 0.368 e. The standard InChI is InChI=1S/C21H26BrN2O5P/c1-3-28-30(27,29-4-2)14-15-9-11-16(12-10-15)21(26)24-19(20(23)25)13-17-7-5-6-8-18(17)22/h5-12,19H,3-4,13-14H2,1-2H3,(H2,23,25)(H,24,26)/t19-/m0/s1. The van der Waals surface area contributed by atoms with Crippen molar-refractivity contribution in [3.05, 3.63) is 69.7 Å². The second kappa shape index (κ2) is 11.4. The molecule has 7 nitrogen and oxygen atoms in total. The molecule has 2 rings (SSSR count). The van der Waals surface area contributed by atoms with Gasteiger partial charge in [-0.05, 0) is 43.2 Å². The number of halogens is 1. The van der Waals surface area contributed by atoms with Gasteiger partial charge >= 0.3 is 7.60 Å². The Hall–Kier alpha value is -1.99. The number of carbonyl (C=O) groups is 2. The van der Waals surface area contributed by atoms with Crippen LogP contribution in [-0.2, 0) is 31.0 Å². The van der Waals surface area contributed by atoms with Crippen LogP contribution in [0.25, 0.3) is 0 Å². The summed E-state index contributed by atoms with van der Waals surface area (Å²) < 4.78 is 24.1. The van der Waals surface area contributed by atoms with Crippen molar-refractivity contribution in [2.24, 2.45) is 5.73 Å². The van der Waals surface area contributed by atoms with E-state index in [-0.39, 0.29) is 25.8 Å². The number of hydrogen-bond donors (Lipinski definition) is 2. The molecule has 162 valence electrons. The lowest BCUT2D eigenvalue weighted by Gasteiger charge is -2.18. The van der Waals surface area contributed by atoms with Crippen LogP contribution < -0.4 is 11.1 Å². The molecular weight excluding hydrogens is 471 g/mol. The van der Waals surface area contributed by atoms with Crippen molar-refractivity contribution in [3.63, 3.8) is 0 Å². The van der Waals surface area contributed by atoms with Gasteiger partial charge in [-0.3, -0.25) is 14.2 Å². The average molecular weight is 497 g/mol. The fourth-order valence-electron chi connectivity index (χ4n) is 2.86. The molecule has 0 aliphatic rings. The second-order valence-corrected chi connectivity index (χ2v) is 9.43. The van der Waals surface area contributed by atoms with Gasteiger partial charge in [0.15, 0.2) is 0 Å². The lowest BCUT2D eigenvalue weighted by Crippen LogP contribution is -2.45. The lowest BCUT2D eigenvalue weighted by molar-refractivity contribution is -0.119. The number of nitrogens with one attached hydrogen (secondary N) is 1. The molecular formula is C21H26BrN2O5P. The number of primary amides is 1. The maximum absolute atomic E-state index is 12.6. The van der Waals surface area contributed by atoms with Gasteiger partial charge in [0.25, 0.3) is 5.91 Å². The zero-order valence-corrected chi connectivity index (χ0v) is 19.4. The zero-order chi connectivity index (χ0) is 22.1. The SMILES string of the molecule is CCOP(=O)(Cc1ccc(C(=O)N[C@@H](Cc2ccccc2Br)C(N)=O)cc1)OCC. The van der Waals surface area contributed by atoms with Crippen molar-refractivity contribution < 1.29 is 23.2 Å². The second-order valence-electron chi connectivity index (χ2n) is 6.53. The van der Waals surface area contributed by atoms with E-state index < -0.39 is 25.5 Å². The molecule has 3 N–H and O–H groups in total. The topological polar surface area (TPSA) is 108 Å². The fourth-order valence-corrected chi connectivity index (χ4v) is 5.00. The first kappa shape index (κ1) is 24.3. The first-order chi connectivity index (χ1) is 14.3. The molecule has 0 aromatic heterocycles. The Bertz CT molecular complexity index is 910. The highest BCUT2D eigenvalue weighted by molar-refractivity contribution is 9.10. The molecule has 9 heteroatoms. The van der Waals surface area contributed by atoms with Gasteiger partial charge in [0, 0.05) is 16.5 Å². The smallest absolute Gasteiger partial charge is 0.335 e. The Balaban J connectivity index is 2.07. The van der Waals surface area contributed by atoms with Crippen LogP contribution in [-0.4, -0.2) is 31.1 Å². The van der Waals surface area contributed by atoms with Crippen LogP contribution in [0.1, 0.15) is 35.3 Å². The molecule has 0 fully saturated rings. The van der Waals surface area contributed by atoms with Gasteiger partial charge in [-0.2, -0.15) is 0 Å². The Kier molecular flexibility index (Phi) is 9.24. The number of carbonyl (C=O) groups excluding carboxylic acids is 2. The van der Waals surface area contributed by atoms with Gasteiger partial charge in [0.2, 0.25) is 5.91 Å². The Morgan fingerprint density at radius 1 is 1.07 bits per heavy atom. The molecule has 0 radical (unpaired) electrons. The maximum Gasteiger partial charge on any atom is 0.335 e. The van der Waals surface area contributed by atoms with E-state index in [9.17, 15) is 14.2 Å². The van der Waals surface area contributed by atoms with E-state index in [2.05, 4.69) is 21.2 Å². The van der Waals surface area contributed by atoms with Crippen molar-refractivity contribution in [1.82, 2.24) is 5.32 Å². The summed E-state index contributed by atoms with van der Waals surface area (Å²) >= 11 is 3.43. The first-order valence-electron chi connectivity index (χ1n) is 9.58. The van der Waals surface area contributed by atoms with Crippen molar-refractivity contribution in [3.8, 4) is 0 Å². The van der Waals surface area contributed by atoms with E-state index in [1.165, 1.54) is 0 Å². The highest BCUT2D eigenvalue weighted by Crippen LogP contribution is 2.51. The van der Waals surface area contributed by atoms with Crippen LogP contribution in [0.4, 0.5) is 0 Å². The van der Waals surface area contributed by atoms with Crippen LogP contribution in [0.15, 0.2) is 53.0 Å². The van der Waals surface area contributed by atoms with Crippen molar-refractivity contribution >= 4 is 35.3 Å². The Labute approximate surface area is 185 Å². The van der Waals surface area contributed by atoms with Gasteiger partial charge < -0.3 is 20.1 Å². The number of hydrogen-bond acceptors (Lipinski definition) is 5. The van der Waals surface area contributed by atoms with Crippen molar-refractivity contribution in [2.75, 3.05) is 13.2 Å². The third-order valence-corrected chi connectivity index (χ3v) is 7.10. The van der Waals surface area contributed by atoms with Gasteiger partial charge in [-0.15, -0.1) is 0 Å². The van der Waals surface area contributed by atoms with Crippen LogP contribution in [0.5, 0.6) is 0 Å². The molecule has 2 aromatic rings. The van der Waals surface area contributed by atoms with E-state index in [0.717, 1.165) is 15.6 Å². The normalized spacial score (nSPS) is 12.4. The summed E-state index contributed by atoms with van der Waals surface area (Å²) in [7, 11) is -3.23. The van der Waals surface area contributed by atoms with Crippen molar-refractivity contribution in [2.45, 2.75) is 32.5 Å². The predicted octanol–water partition coefficient (Wildman–Crippen LogP) is 4.04. The monoisotopic (exact) mass is 496 g/mol. The predicted molar refractivity (Wildman–Crippen MR) is 119 cm³/mol. The van der Waals surface area contributed by atoms with E-state index in [1.807, 2.05) is 24.3 Å². The summed E-state index contributed by atoms with van der Waals surface area (Å²) in [4.78, 5) is 24.5. The van der Waals surface area contributed by atoms with E-state index >= 15 is 0 Å². The summed E-state index contributed by atoms with van der Waals surface area (Å²) in [6.07, 6.45) is 0.384. The zero-order valence-electron chi connectivity index (χ0n) is 17.0. The minimum atomic E-state index is -3.23. The fraction of sp³-hybridized carbons (Fsp3) is 0.333.